The number of hydrogen-bond acceptors (Lipinski definition) is 5. The van der Waals surface area contributed by atoms with E-state index in [1.165, 1.54) is 0 Å². The quantitative estimate of drug-likeness (QED) is 0.793. The minimum atomic E-state index is -0.120. The summed E-state index contributed by atoms with van der Waals surface area (Å²) in [6, 6.07) is 3.69. The molecule has 0 unspecified atom stereocenters. The summed E-state index contributed by atoms with van der Waals surface area (Å²) in [5.41, 5.74) is 1.38. The number of carbonyl (C=O) groups is 1. The number of nitrogens with one attached hydrogen (secondary N) is 2. The van der Waals surface area contributed by atoms with Crippen LogP contribution >= 0.6 is 0 Å². The minimum absolute atomic E-state index is 0.120. The smallest absolute Gasteiger partial charge is 0.269 e. The third kappa shape index (κ3) is 5.61. The second-order valence-corrected chi connectivity index (χ2v) is 5.91. The highest BCUT2D eigenvalue weighted by Gasteiger charge is 2.10. The molecule has 1 fully saturated rings. The van der Waals surface area contributed by atoms with Crippen molar-refractivity contribution in [2.45, 2.75) is 13.8 Å². The number of carbonyl (C=O) groups excluding carboxylic acids is 1. The van der Waals surface area contributed by atoms with Crippen molar-refractivity contribution in [3.63, 3.8) is 0 Å². The van der Waals surface area contributed by atoms with Crippen LogP contribution < -0.4 is 10.6 Å². The van der Waals surface area contributed by atoms with Gasteiger partial charge in [-0.3, -0.25) is 14.7 Å². The van der Waals surface area contributed by atoms with Crippen LogP contribution in [-0.4, -0.2) is 61.7 Å². The summed E-state index contributed by atoms with van der Waals surface area (Å²) >= 11 is 0. The maximum Gasteiger partial charge on any atom is 0.269 e. The van der Waals surface area contributed by atoms with Crippen LogP contribution in [0.5, 0.6) is 0 Å². The van der Waals surface area contributed by atoms with Gasteiger partial charge in [0.15, 0.2) is 0 Å². The van der Waals surface area contributed by atoms with Crippen LogP contribution in [0.4, 0.5) is 5.69 Å². The molecule has 1 amide bonds. The first-order chi connectivity index (χ1) is 10.6. The van der Waals surface area contributed by atoms with E-state index in [0.29, 0.717) is 18.2 Å². The van der Waals surface area contributed by atoms with Crippen molar-refractivity contribution in [2.24, 2.45) is 5.92 Å². The van der Waals surface area contributed by atoms with Crippen LogP contribution in [0.3, 0.4) is 0 Å². The Morgan fingerprint density at radius 2 is 2.18 bits per heavy atom. The van der Waals surface area contributed by atoms with E-state index in [1.54, 1.807) is 12.3 Å². The largest absolute Gasteiger partial charge is 0.384 e. The minimum Gasteiger partial charge on any atom is -0.384 e. The highest BCUT2D eigenvalue weighted by molar-refractivity contribution is 5.93. The summed E-state index contributed by atoms with van der Waals surface area (Å²) in [5, 5.41) is 6.23. The first kappa shape index (κ1) is 16.7. The van der Waals surface area contributed by atoms with E-state index >= 15 is 0 Å². The Kier molecular flexibility index (Phi) is 6.61. The van der Waals surface area contributed by atoms with Crippen LogP contribution in [-0.2, 0) is 4.74 Å². The summed E-state index contributed by atoms with van der Waals surface area (Å²) in [7, 11) is 0. The summed E-state index contributed by atoms with van der Waals surface area (Å²) in [4.78, 5) is 18.5. The molecular weight excluding hydrogens is 280 g/mol. The molecule has 0 atom stereocenters. The van der Waals surface area contributed by atoms with Gasteiger partial charge in [0.25, 0.3) is 5.91 Å². The molecule has 6 heteroatoms. The van der Waals surface area contributed by atoms with Crippen molar-refractivity contribution < 1.29 is 9.53 Å². The highest BCUT2D eigenvalue weighted by atomic mass is 16.5. The normalized spacial score (nSPS) is 15.8. The zero-order valence-electron chi connectivity index (χ0n) is 13.5. The van der Waals surface area contributed by atoms with Gasteiger partial charge >= 0.3 is 0 Å². The van der Waals surface area contributed by atoms with Crippen LogP contribution in [0.2, 0.25) is 0 Å². The highest BCUT2D eigenvalue weighted by Crippen LogP contribution is 2.08. The van der Waals surface area contributed by atoms with E-state index < -0.39 is 0 Å². The van der Waals surface area contributed by atoms with Gasteiger partial charge in [0, 0.05) is 44.6 Å². The van der Waals surface area contributed by atoms with Crippen molar-refractivity contribution in [2.75, 3.05) is 51.3 Å². The second-order valence-electron chi connectivity index (χ2n) is 5.91. The van der Waals surface area contributed by atoms with Crippen molar-refractivity contribution in [1.82, 2.24) is 15.2 Å². The molecule has 22 heavy (non-hydrogen) atoms. The van der Waals surface area contributed by atoms with E-state index in [9.17, 15) is 4.79 Å². The Hall–Kier alpha value is -1.66. The Morgan fingerprint density at radius 3 is 2.91 bits per heavy atom. The molecule has 0 spiro atoms. The maximum atomic E-state index is 12.0. The lowest BCUT2D eigenvalue weighted by Crippen LogP contribution is -2.39. The van der Waals surface area contributed by atoms with Crippen molar-refractivity contribution in [3.8, 4) is 0 Å². The zero-order chi connectivity index (χ0) is 15.8. The molecule has 1 aromatic heterocycles. The van der Waals surface area contributed by atoms with Gasteiger partial charge in [-0.25, -0.2) is 0 Å². The predicted octanol–water partition coefficient (Wildman–Crippen LogP) is 1.21. The fourth-order valence-electron chi connectivity index (χ4n) is 2.24. The Morgan fingerprint density at radius 1 is 1.41 bits per heavy atom. The van der Waals surface area contributed by atoms with E-state index in [-0.39, 0.29) is 5.91 Å². The number of hydrogen-bond donors (Lipinski definition) is 2. The molecule has 0 saturated carbocycles. The average molecular weight is 306 g/mol. The standard InChI is InChI=1S/C16H26N4O2/c1-13(2)12-19-16(21)15-11-14(3-4-18-15)17-5-6-20-7-9-22-10-8-20/h3-4,11,13H,5-10,12H2,1-2H3,(H,17,18)(H,19,21). The monoisotopic (exact) mass is 306 g/mol. The van der Waals surface area contributed by atoms with E-state index in [4.69, 9.17) is 4.74 Å². The lowest BCUT2D eigenvalue weighted by Gasteiger charge is -2.26. The molecule has 1 saturated heterocycles. The molecule has 1 aliphatic rings. The topological polar surface area (TPSA) is 66.5 Å². The molecule has 2 N–H and O–H groups in total. The van der Waals surface area contributed by atoms with Gasteiger partial charge in [-0.2, -0.15) is 0 Å². The molecule has 2 rings (SSSR count). The molecule has 0 radical (unpaired) electrons. The first-order valence-electron chi connectivity index (χ1n) is 7.93. The zero-order valence-corrected chi connectivity index (χ0v) is 13.5. The van der Waals surface area contributed by atoms with Gasteiger partial charge in [-0.1, -0.05) is 13.8 Å². The van der Waals surface area contributed by atoms with Gasteiger partial charge in [-0.15, -0.1) is 0 Å². The molecule has 1 aliphatic heterocycles. The maximum absolute atomic E-state index is 12.0. The fraction of sp³-hybridized carbons (Fsp3) is 0.625. The second kappa shape index (κ2) is 8.70. The van der Waals surface area contributed by atoms with Crippen molar-refractivity contribution >= 4 is 11.6 Å². The average Bonchev–Trinajstić information content (AvgIpc) is 2.54. The number of morpholine rings is 1. The van der Waals surface area contributed by atoms with Gasteiger partial charge < -0.3 is 15.4 Å². The van der Waals surface area contributed by atoms with Crippen molar-refractivity contribution in [1.29, 1.82) is 0 Å². The summed E-state index contributed by atoms with van der Waals surface area (Å²) in [5.74, 6) is 0.310. The molecule has 0 aromatic carbocycles. The summed E-state index contributed by atoms with van der Waals surface area (Å²) < 4.78 is 5.33. The SMILES string of the molecule is CC(C)CNC(=O)c1cc(NCCN2CCOCC2)ccn1. The Bertz CT molecular complexity index is 473. The van der Waals surface area contributed by atoms with Crippen molar-refractivity contribution in [3.05, 3.63) is 24.0 Å². The number of ether oxygens (including phenoxy) is 1. The number of anilines is 1. The lowest BCUT2D eigenvalue weighted by atomic mass is 10.2. The number of nitrogens with zero attached hydrogens (tertiary/aromatic N) is 2. The summed E-state index contributed by atoms with van der Waals surface area (Å²) in [6.07, 6.45) is 1.67. The predicted molar refractivity (Wildman–Crippen MR) is 87.2 cm³/mol. The van der Waals surface area contributed by atoms with Crippen LogP contribution in [0, 0.1) is 5.92 Å². The van der Waals surface area contributed by atoms with Gasteiger partial charge in [-0.05, 0) is 18.1 Å². The van der Waals surface area contributed by atoms with E-state index in [0.717, 1.165) is 45.1 Å². The van der Waals surface area contributed by atoms with E-state index in [2.05, 4.69) is 34.4 Å². The van der Waals surface area contributed by atoms with Gasteiger partial charge in [0.2, 0.25) is 0 Å². The Labute approximate surface area is 132 Å². The summed E-state index contributed by atoms with van der Waals surface area (Å²) in [6.45, 7) is 10.2. The lowest BCUT2D eigenvalue weighted by molar-refractivity contribution is 0.0398. The third-order valence-corrected chi connectivity index (χ3v) is 3.52. The molecule has 122 valence electrons. The third-order valence-electron chi connectivity index (χ3n) is 3.52. The van der Waals surface area contributed by atoms with Gasteiger partial charge in [0.1, 0.15) is 5.69 Å². The van der Waals surface area contributed by atoms with E-state index in [1.807, 2.05) is 6.07 Å². The molecule has 1 aromatic rings. The first-order valence-corrected chi connectivity index (χ1v) is 7.93. The van der Waals surface area contributed by atoms with Crippen LogP contribution in [0.15, 0.2) is 18.3 Å². The number of rotatable bonds is 7. The van der Waals surface area contributed by atoms with Crippen LogP contribution in [0.1, 0.15) is 24.3 Å². The molecule has 6 nitrogen and oxygen atoms in total. The molecular formula is C16H26N4O2. The Balaban J connectivity index is 1.79. The number of amides is 1. The molecule has 2 heterocycles. The fourth-order valence-corrected chi connectivity index (χ4v) is 2.24. The van der Waals surface area contributed by atoms with Gasteiger partial charge in [0.05, 0.1) is 13.2 Å². The molecule has 0 aliphatic carbocycles. The number of pyridine rings is 1. The molecule has 0 bridgehead atoms. The number of aromatic nitrogens is 1. The van der Waals surface area contributed by atoms with Crippen LogP contribution in [0.25, 0.3) is 0 Å².